The molecule has 9 nitrogen and oxygen atoms in total. The van der Waals surface area contributed by atoms with Crippen LogP contribution < -0.4 is 5.32 Å². The first kappa shape index (κ1) is 18.0. The van der Waals surface area contributed by atoms with E-state index in [4.69, 9.17) is 4.52 Å². The second kappa shape index (κ2) is 7.39. The van der Waals surface area contributed by atoms with Gasteiger partial charge in [-0.2, -0.15) is 4.98 Å². The van der Waals surface area contributed by atoms with Gasteiger partial charge in [0.1, 0.15) is 11.9 Å². The number of fused-ring (bicyclic) bond motifs is 1. The molecule has 0 bridgehead atoms. The number of nitrogens with zero attached hydrogens (tertiary/aromatic N) is 5. The van der Waals surface area contributed by atoms with E-state index in [-0.39, 0.29) is 6.54 Å². The van der Waals surface area contributed by atoms with Gasteiger partial charge in [0.25, 0.3) is 0 Å². The summed E-state index contributed by atoms with van der Waals surface area (Å²) in [6.07, 6.45) is 5.28. The molecule has 5 rings (SSSR count). The highest BCUT2D eigenvalue weighted by Crippen LogP contribution is 2.32. The van der Waals surface area contributed by atoms with Crippen LogP contribution in [0.25, 0.3) is 11.4 Å². The Balaban J connectivity index is 1.45. The maximum absolute atomic E-state index is 13.5. The Kier molecular flexibility index (Phi) is 4.43. The summed E-state index contributed by atoms with van der Waals surface area (Å²) in [6.45, 7) is 0.272. The summed E-state index contributed by atoms with van der Waals surface area (Å²) in [6, 6.07) is 8.35. The maximum Gasteiger partial charge on any atom is 0.322 e. The minimum Gasteiger partial charge on any atom is -0.347 e. The average molecular weight is 405 g/mol. The van der Waals surface area contributed by atoms with Gasteiger partial charge in [0, 0.05) is 30.1 Å². The monoisotopic (exact) mass is 405 g/mol. The van der Waals surface area contributed by atoms with E-state index in [1.54, 1.807) is 41.8 Å². The first-order valence-corrected chi connectivity index (χ1v) is 9.25. The van der Waals surface area contributed by atoms with Crippen LogP contribution >= 0.6 is 0 Å². The number of aromatic nitrogens is 5. The van der Waals surface area contributed by atoms with Crippen molar-refractivity contribution in [1.82, 2.24) is 30.0 Å². The van der Waals surface area contributed by atoms with Crippen LogP contribution in [-0.4, -0.2) is 36.0 Å². The molecule has 0 saturated heterocycles. The standard InChI is InChI=1S/C20H16FN7O2/c21-13-2-1-3-14(8-13)25-20(29)28-10-16-15(23-11-24-16)9-17(28)19-26-18(27-30-19)12-4-6-22-7-5-12/h1-8,11,17H,9-10H2,(H,23,24)(H,25,29). The van der Waals surface area contributed by atoms with E-state index in [0.717, 1.165) is 17.0 Å². The van der Waals surface area contributed by atoms with Crippen molar-refractivity contribution in [2.45, 2.75) is 19.0 Å². The van der Waals surface area contributed by atoms with Crippen LogP contribution in [0.4, 0.5) is 14.9 Å². The lowest BCUT2D eigenvalue weighted by Gasteiger charge is -2.32. The number of anilines is 1. The second-order valence-corrected chi connectivity index (χ2v) is 6.81. The number of rotatable bonds is 3. The molecular formula is C20H16FN7O2. The van der Waals surface area contributed by atoms with Crippen LogP contribution in [0, 0.1) is 5.82 Å². The number of aromatic amines is 1. The molecule has 1 unspecified atom stereocenters. The number of pyridine rings is 1. The van der Waals surface area contributed by atoms with E-state index in [2.05, 4.69) is 30.4 Å². The molecule has 1 aliphatic heterocycles. The zero-order valence-corrected chi connectivity index (χ0v) is 15.6. The molecule has 1 aliphatic rings. The molecule has 1 aromatic carbocycles. The van der Waals surface area contributed by atoms with Crippen molar-refractivity contribution in [3.63, 3.8) is 0 Å². The van der Waals surface area contributed by atoms with E-state index in [1.807, 2.05) is 0 Å². The number of carbonyl (C=O) groups excluding carboxylic acids is 1. The van der Waals surface area contributed by atoms with Crippen molar-refractivity contribution >= 4 is 11.7 Å². The van der Waals surface area contributed by atoms with Crippen molar-refractivity contribution in [2.24, 2.45) is 0 Å². The lowest BCUT2D eigenvalue weighted by Crippen LogP contribution is -2.41. The third kappa shape index (κ3) is 3.39. The van der Waals surface area contributed by atoms with E-state index >= 15 is 0 Å². The Morgan fingerprint density at radius 2 is 2.13 bits per heavy atom. The molecule has 150 valence electrons. The highest BCUT2D eigenvalue weighted by molar-refractivity contribution is 5.89. The molecule has 4 heterocycles. The van der Waals surface area contributed by atoms with Crippen molar-refractivity contribution < 1.29 is 13.7 Å². The van der Waals surface area contributed by atoms with Crippen LogP contribution in [0.2, 0.25) is 0 Å². The summed E-state index contributed by atoms with van der Waals surface area (Å²) < 4.78 is 19.0. The lowest BCUT2D eigenvalue weighted by atomic mass is 10.0. The normalized spacial score (nSPS) is 15.6. The van der Waals surface area contributed by atoms with Crippen LogP contribution in [-0.2, 0) is 13.0 Å². The lowest BCUT2D eigenvalue weighted by molar-refractivity contribution is 0.155. The van der Waals surface area contributed by atoms with E-state index in [0.29, 0.717) is 23.8 Å². The summed E-state index contributed by atoms with van der Waals surface area (Å²) >= 11 is 0. The van der Waals surface area contributed by atoms with E-state index in [9.17, 15) is 9.18 Å². The molecule has 0 spiro atoms. The van der Waals surface area contributed by atoms with E-state index < -0.39 is 17.9 Å². The fourth-order valence-electron chi connectivity index (χ4n) is 3.42. The number of hydrogen-bond acceptors (Lipinski definition) is 6. The van der Waals surface area contributed by atoms with Crippen molar-refractivity contribution in [3.8, 4) is 11.4 Å². The van der Waals surface area contributed by atoms with Crippen LogP contribution in [0.1, 0.15) is 23.3 Å². The van der Waals surface area contributed by atoms with Gasteiger partial charge in [-0.15, -0.1) is 0 Å². The fourth-order valence-corrected chi connectivity index (χ4v) is 3.42. The zero-order valence-electron chi connectivity index (χ0n) is 15.6. The first-order valence-electron chi connectivity index (χ1n) is 9.25. The molecule has 0 radical (unpaired) electrons. The molecule has 3 aromatic heterocycles. The highest BCUT2D eigenvalue weighted by Gasteiger charge is 2.36. The molecule has 10 heteroatoms. The predicted molar refractivity (Wildman–Crippen MR) is 104 cm³/mol. The van der Waals surface area contributed by atoms with Gasteiger partial charge in [-0.3, -0.25) is 4.98 Å². The van der Waals surface area contributed by atoms with Crippen molar-refractivity contribution in [2.75, 3.05) is 5.32 Å². The van der Waals surface area contributed by atoms with Crippen molar-refractivity contribution in [1.29, 1.82) is 0 Å². The number of nitrogens with one attached hydrogen (secondary N) is 2. The van der Waals surface area contributed by atoms with E-state index in [1.165, 1.54) is 18.2 Å². The number of H-pyrrole nitrogens is 1. The molecular weight excluding hydrogens is 389 g/mol. The summed E-state index contributed by atoms with van der Waals surface area (Å²) in [4.78, 5) is 30.4. The smallest absolute Gasteiger partial charge is 0.322 e. The van der Waals surface area contributed by atoms with Gasteiger partial charge >= 0.3 is 6.03 Å². The number of carbonyl (C=O) groups is 1. The SMILES string of the molecule is O=C(Nc1cccc(F)c1)N1Cc2[nH]cnc2CC1c1nc(-c2ccncc2)no1. The number of amides is 2. The number of imidazole rings is 1. The Morgan fingerprint density at radius 1 is 1.27 bits per heavy atom. The van der Waals surface area contributed by atoms with Gasteiger partial charge in [0.2, 0.25) is 11.7 Å². The first-order chi connectivity index (χ1) is 14.7. The number of hydrogen-bond donors (Lipinski definition) is 2. The Hall–Kier alpha value is -4.08. The highest BCUT2D eigenvalue weighted by atomic mass is 19.1. The summed E-state index contributed by atoms with van der Waals surface area (Å²) in [5.74, 6) is 0.272. The zero-order chi connectivity index (χ0) is 20.5. The van der Waals surface area contributed by atoms with Gasteiger partial charge in [0.15, 0.2) is 0 Å². The Labute approximate surface area is 170 Å². The Morgan fingerprint density at radius 3 is 2.97 bits per heavy atom. The van der Waals surface area contributed by atoms with Gasteiger partial charge in [-0.05, 0) is 30.3 Å². The summed E-state index contributed by atoms with van der Waals surface area (Å²) in [7, 11) is 0. The number of benzene rings is 1. The molecule has 2 N–H and O–H groups in total. The molecule has 0 saturated carbocycles. The molecule has 0 aliphatic carbocycles. The summed E-state index contributed by atoms with van der Waals surface area (Å²) in [5.41, 5.74) is 2.78. The van der Waals surface area contributed by atoms with Crippen molar-refractivity contribution in [3.05, 3.63) is 78.2 Å². The number of urea groups is 1. The molecule has 0 fully saturated rings. The van der Waals surface area contributed by atoms with Crippen LogP contribution in [0.15, 0.2) is 59.6 Å². The van der Waals surface area contributed by atoms with Gasteiger partial charge in [0.05, 0.1) is 24.3 Å². The minimum absolute atomic E-state index is 0.272. The van der Waals surface area contributed by atoms with Crippen LogP contribution in [0.3, 0.4) is 0 Å². The molecule has 30 heavy (non-hydrogen) atoms. The van der Waals surface area contributed by atoms with Gasteiger partial charge < -0.3 is 19.7 Å². The Bertz CT molecular complexity index is 1190. The topological polar surface area (TPSA) is 113 Å². The second-order valence-electron chi connectivity index (χ2n) is 6.81. The third-order valence-corrected chi connectivity index (χ3v) is 4.90. The maximum atomic E-state index is 13.5. The molecule has 4 aromatic rings. The number of halogens is 1. The van der Waals surface area contributed by atoms with Gasteiger partial charge in [-0.1, -0.05) is 11.2 Å². The van der Waals surface area contributed by atoms with Gasteiger partial charge in [-0.25, -0.2) is 14.2 Å². The molecule has 2 amide bonds. The predicted octanol–water partition coefficient (Wildman–Crippen LogP) is 3.33. The minimum atomic E-state index is -0.516. The largest absolute Gasteiger partial charge is 0.347 e. The summed E-state index contributed by atoms with van der Waals surface area (Å²) in [5, 5.41) is 6.77. The average Bonchev–Trinajstić information content (AvgIpc) is 3.43. The fraction of sp³-hybridized carbons (Fsp3) is 0.150. The third-order valence-electron chi connectivity index (χ3n) is 4.90. The van der Waals surface area contributed by atoms with Crippen LogP contribution in [0.5, 0.6) is 0 Å². The quantitative estimate of drug-likeness (QED) is 0.541. The molecule has 1 atom stereocenters.